The number of nitrogens with one attached hydrogen (secondary N) is 2. The first-order valence-electron chi connectivity index (χ1n) is 10.6. The minimum atomic E-state index is 0. The van der Waals surface area contributed by atoms with Crippen LogP contribution in [0.2, 0.25) is 0 Å². The highest BCUT2D eigenvalue weighted by atomic mass is 127. The maximum Gasteiger partial charge on any atom is 0.191 e. The zero-order valence-corrected chi connectivity index (χ0v) is 21.2. The fraction of sp³-hybridized carbons (Fsp3) is 0.682. The molecule has 1 saturated heterocycles. The summed E-state index contributed by atoms with van der Waals surface area (Å²) in [6.07, 6.45) is 0.881. The molecule has 0 atom stereocenters. The van der Waals surface area contributed by atoms with E-state index in [1.807, 2.05) is 12.1 Å². The molecule has 0 amide bonds. The summed E-state index contributed by atoms with van der Waals surface area (Å²) in [6, 6.07) is 8.12. The van der Waals surface area contributed by atoms with Crippen LogP contribution in [-0.4, -0.2) is 76.1 Å². The van der Waals surface area contributed by atoms with E-state index < -0.39 is 0 Å². The molecule has 7 nitrogen and oxygen atoms in total. The summed E-state index contributed by atoms with van der Waals surface area (Å²) in [4.78, 5) is 7.23. The fourth-order valence-electron chi connectivity index (χ4n) is 3.22. The van der Waals surface area contributed by atoms with Crippen molar-refractivity contribution in [1.82, 2.24) is 15.5 Å². The van der Waals surface area contributed by atoms with Gasteiger partial charge in [-0.25, -0.2) is 4.99 Å². The van der Waals surface area contributed by atoms with Crippen LogP contribution >= 0.6 is 24.0 Å². The molecule has 0 unspecified atom stereocenters. The molecule has 0 bridgehead atoms. The zero-order chi connectivity index (χ0) is 21.0. The second kappa shape index (κ2) is 14.8. The average molecular weight is 534 g/mol. The number of aliphatic imine (C=N–C) groups is 1. The number of rotatable bonds is 11. The van der Waals surface area contributed by atoms with Crippen molar-refractivity contribution in [2.24, 2.45) is 4.99 Å². The Labute approximate surface area is 199 Å². The van der Waals surface area contributed by atoms with Crippen molar-refractivity contribution in [3.05, 3.63) is 29.8 Å². The van der Waals surface area contributed by atoms with Crippen LogP contribution in [0.15, 0.2) is 29.3 Å². The third-order valence-corrected chi connectivity index (χ3v) is 4.98. The predicted octanol–water partition coefficient (Wildman–Crippen LogP) is 2.89. The normalized spacial score (nSPS) is 15.4. The maximum absolute atomic E-state index is 5.79. The minimum Gasteiger partial charge on any atom is -0.493 e. The van der Waals surface area contributed by atoms with E-state index >= 15 is 0 Å². The summed E-state index contributed by atoms with van der Waals surface area (Å²) >= 11 is 0. The van der Waals surface area contributed by atoms with Crippen LogP contribution in [0.1, 0.15) is 32.8 Å². The Morgan fingerprint density at radius 1 is 1.20 bits per heavy atom. The Balaban J connectivity index is 0.00000450. The van der Waals surface area contributed by atoms with Crippen molar-refractivity contribution in [2.45, 2.75) is 39.3 Å². The predicted molar refractivity (Wildman–Crippen MR) is 133 cm³/mol. The van der Waals surface area contributed by atoms with Gasteiger partial charge in [0.2, 0.25) is 0 Å². The number of nitrogens with zero attached hydrogens (tertiary/aromatic N) is 2. The van der Waals surface area contributed by atoms with E-state index in [4.69, 9.17) is 19.2 Å². The summed E-state index contributed by atoms with van der Waals surface area (Å²) in [5.41, 5.74) is 1.16. The van der Waals surface area contributed by atoms with E-state index in [9.17, 15) is 0 Å². The monoisotopic (exact) mass is 534 g/mol. The van der Waals surface area contributed by atoms with Gasteiger partial charge in [-0.05, 0) is 38.5 Å². The lowest BCUT2D eigenvalue weighted by Crippen LogP contribution is -2.56. The molecule has 1 aromatic rings. The molecule has 172 valence electrons. The first-order valence-corrected chi connectivity index (χ1v) is 10.6. The fourth-order valence-corrected chi connectivity index (χ4v) is 3.22. The van der Waals surface area contributed by atoms with Crippen LogP contribution in [0.3, 0.4) is 0 Å². The third kappa shape index (κ3) is 9.80. The molecule has 0 spiro atoms. The van der Waals surface area contributed by atoms with E-state index in [0.717, 1.165) is 63.1 Å². The maximum atomic E-state index is 5.79. The summed E-state index contributed by atoms with van der Waals surface area (Å²) in [6.45, 7) is 13.8. The first kappa shape index (κ1) is 26.9. The SMILES string of the molecule is CCNC(=NCc1cccc(OCCCOC)c1)NCC(C)(C)N1CCOCC1.I. The topological polar surface area (TPSA) is 67.4 Å². The molecule has 1 aromatic carbocycles. The van der Waals surface area contributed by atoms with Crippen LogP contribution < -0.4 is 15.4 Å². The molecular weight excluding hydrogens is 495 g/mol. The Kier molecular flexibility index (Phi) is 13.3. The van der Waals surface area contributed by atoms with E-state index in [2.05, 4.69) is 48.4 Å². The molecule has 1 aliphatic heterocycles. The highest BCUT2D eigenvalue weighted by molar-refractivity contribution is 14.0. The second-order valence-corrected chi connectivity index (χ2v) is 7.80. The van der Waals surface area contributed by atoms with Crippen LogP contribution in [0.5, 0.6) is 5.75 Å². The molecule has 8 heteroatoms. The Hall–Kier alpha value is -1.10. The highest BCUT2D eigenvalue weighted by Gasteiger charge is 2.28. The van der Waals surface area contributed by atoms with Crippen molar-refractivity contribution < 1.29 is 14.2 Å². The van der Waals surface area contributed by atoms with Gasteiger partial charge in [-0.3, -0.25) is 4.90 Å². The molecule has 1 heterocycles. The van der Waals surface area contributed by atoms with Gasteiger partial charge in [0.05, 0.1) is 26.4 Å². The van der Waals surface area contributed by atoms with Gasteiger partial charge in [0.25, 0.3) is 0 Å². The number of methoxy groups -OCH3 is 1. The molecule has 1 fully saturated rings. The van der Waals surface area contributed by atoms with Crippen molar-refractivity contribution >= 4 is 29.9 Å². The summed E-state index contributed by atoms with van der Waals surface area (Å²) in [5.74, 6) is 1.71. The minimum absolute atomic E-state index is 0. The van der Waals surface area contributed by atoms with E-state index in [1.54, 1.807) is 7.11 Å². The number of ether oxygens (including phenoxy) is 3. The quantitative estimate of drug-likeness (QED) is 0.197. The standard InChI is InChI=1S/C22H38N4O3.HI/c1-5-23-21(25-18-22(2,3)26-10-14-28-15-11-26)24-17-19-8-6-9-20(16-19)29-13-7-12-27-4;/h6,8-9,16H,5,7,10-15,17-18H2,1-4H3,(H2,23,24,25);1H. The molecule has 0 saturated carbocycles. The Morgan fingerprint density at radius 2 is 1.97 bits per heavy atom. The van der Waals surface area contributed by atoms with Gasteiger partial charge in [-0.15, -0.1) is 24.0 Å². The molecule has 0 aromatic heterocycles. The lowest BCUT2D eigenvalue weighted by atomic mass is 10.0. The van der Waals surface area contributed by atoms with Crippen LogP contribution in [0, 0.1) is 0 Å². The van der Waals surface area contributed by atoms with Crippen molar-refractivity contribution in [3.8, 4) is 5.75 Å². The summed E-state index contributed by atoms with van der Waals surface area (Å²) < 4.78 is 16.3. The van der Waals surface area contributed by atoms with Crippen LogP contribution in [-0.2, 0) is 16.0 Å². The van der Waals surface area contributed by atoms with Gasteiger partial charge in [0, 0.05) is 51.9 Å². The van der Waals surface area contributed by atoms with Gasteiger partial charge < -0.3 is 24.8 Å². The van der Waals surface area contributed by atoms with Gasteiger partial charge in [0.15, 0.2) is 5.96 Å². The number of hydrogen-bond acceptors (Lipinski definition) is 5. The molecular formula is C22H39IN4O3. The number of benzene rings is 1. The number of morpholine rings is 1. The zero-order valence-electron chi connectivity index (χ0n) is 18.9. The van der Waals surface area contributed by atoms with Gasteiger partial charge in [0.1, 0.15) is 5.75 Å². The van der Waals surface area contributed by atoms with E-state index in [0.29, 0.717) is 19.8 Å². The van der Waals surface area contributed by atoms with Crippen LogP contribution in [0.25, 0.3) is 0 Å². The summed E-state index contributed by atoms with van der Waals surface area (Å²) in [7, 11) is 1.71. The van der Waals surface area contributed by atoms with Crippen molar-refractivity contribution in [2.75, 3.05) is 59.7 Å². The summed E-state index contributed by atoms with van der Waals surface area (Å²) in [5, 5.41) is 6.84. The number of hydrogen-bond donors (Lipinski definition) is 2. The number of halogens is 1. The molecule has 30 heavy (non-hydrogen) atoms. The Morgan fingerprint density at radius 3 is 2.67 bits per heavy atom. The molecule has 2 rings (SSSR count). The van der Waals surface area contributed by atoms with Gasteiger partial charge >= 0.3 is 0 Å². The third-order valence-electron chi connectivity index (χ3n) is 4.98. The van der Waals surface area contributed by atoms with Crippen molar-refractivity contribution in [3.63, 3.8) is 0 Å². The first-order chi connectivity index (χ1) is 14.0. The van der Waals surface area contributed by atoms with Crippen molar-refractivity contribution in [1.29, 1.82) is 0 Å². The van der Waals surface area contributed by atoms with E-state index in [-0.39, 0.29) is 29.5 Å². The lowest BCUT2D eigenvalue weighted by molar-refractivity contribution is -0.00834. The molecule has 0 aliphatic carbocycles. The number of guanidine groups is 1. The highest BCUT2D eigenvalue weighted by Crippen LogP contribution is 2.16. The van der Waals surface area contributed by atoms with Gasteiger partial charge in [-0.1, -0.05) is 12.1 Å². The van der Waals surface area contributed by atoms with E-state index in [1.165, 1.54) is 0 Å². The second-order valence-electron chi connectivity index (χ2n) is 7.80. The molecule has 0 radical (unpaired) electrons. The largest absolute Gasteiger partial charge is 0.493 e. The molecule has 2 N–H and O–H groups in total. The van der Waals surface area contributed by atoms with Gasteiger partial charge in [-0.2, -0.15) is 0 Å². The smallest absolute Gasteiger partial charge is 0.191 e. The molecule has 1 aliphatic rings. The van der Waals surface area contributed by atoms with Crippen LogP contribution in [0.4, 0.5) is 0 Å². The lowest BCUT2D eigenvalue weighted by Gasteiger charge is -2.41. The average Bonchev–Trinajstić information content (AvgIpc) is 2.74. The Bertz CT molecular complexity index is 622.